The summed E-state index contributed by atoms with van der Waals surface area (Å²) in [6, 6.07) is 12.6. The van der Waals surface area contributed by atoms with E-state index in [4.69, 9.17) is 16.3 Å². The van der Waals surface area contributed by atoms with Crippen LogP contribution in [0.1, 0.15) is 5.56 Å². The van der Waals surface area contributed by atoms with Crippen molar-refractivity contribution in [3.63, 3.8) is 0 Å². The molecular weight excluding hydrogens is 410 g/mol. The van der Waals surface area contributed by atoms with Crippen LogP contribution in [0.15, 0.2) is 60.3 Å². The average Bonchev–Trinajstić information content (AvgIpc) is 2.89. The Balaban J connectivity index is 1.73. The molecule has 0 bridgehead atoms. The van der Waals surface area contributed by atoms with Crippen LogP contribution in [0.5, 0.6) is 5.88 Å². The molecule has 0 fully saturated rings. The van der Waals surface area contributed by atoms with Gasteiger partial charge in [0, 0.05) is 22.0 Å². The van der Waals surface area contributed by atoms with Crippen molar-refractivity contribution < 1.29 is 9.53 Å². The van der Waals surface area contributed by atoms with E-state index in [0.29, 0.717) is 38.6 Å². The van der Waals surface area contributed by atoms with Crippen LogP contribution in [0.4, 0.5) is 11.4 Å². The highest BCUT2D eigenvalue weighted by atomic mass is 35.5. The molecule has 0 radical (unpaired) electrons. The number of nitrogens with one attached hydrogen (secondary N) is 2. The van der Waals surface area contributed by atoms with Crippen molar-refractivity contribution in [2.45, 2.75) is 10.9 Å². The molecule has 2 aliphatic heterocycles. The molecule has 1 spiro atoms. The Labute approximate surface area is 175 Å². The number of hydrogen-bond donors (Lipinski definition) is 2. The lowest BCUT2D eigenvalue weighted by molar-refractivity contribution is -0.128. The highest BCUT2D eigenvalue weighted by Crippen LogP contribution is 2.47. The van der Waals surface area contributed by atoms with Gasteiger partial charge in [-0.1, -0.05) is 47.6 Å². The number of amides is 1. The Morgan fingerprint density at radius 3 is 2.93 bits per heavy atom. The van der Waals surface area contributed by atoms with Crippen LogP contribution in [0, 0.1) is 0 Å². The monoisotopic (exact) mass is 423 g/mol. The molecule has 2 aliphatic rings. The van der Waals surface area contributed by atoms with Gasteiger partial charge in [-0.15, -0.1) is 16.8 Å². The normalized spacial score (nSPS) is 18.6. The maximum absolute atomic E-state index is 13.1. The Hall–Kier alpha value is -3.10. The number of benzene rings is 2. The summed E-state index contributed by atoms with van der Waals surface area (Å²) in [5.74, 6) is 0.475. The van der Waals surface area contributed by atoms with Crippen molar-refractivity contribution in [1.82, 2.24) is 15.2 Å². The number of hydrogen-bond acceptors (Lipinski definition) is 7. The molecule has 2 aromatic carbocycles. The molecule has 3 heterocycles. The van der Waals surface area contributed by atoms with E-state index in [9.17, 15) is 4.79 Å². The fourth-order valence-corrected chi connectivity index (χ4v) is 4.05. The zero-order valence-electron chi connectivity index (χ0n) is 15.0. The molecule has 0 saturated heterocycles. The first kappa shape index (κ1) is 18.0. The molecule has 0 unspecified atom stereocenters. The van der Waals surface area contributed by atoms with Gasteiger partial charge in [0.05, 0.1) is 11.3 Å². The first-order chi connectivity index (χ1) is 14.1. The first-order valence-electron chi connectivity index (χ1n) is 8.77. The van der Waals surface area contributed by atoms with E-state index in [0.717, 1.165) is 5.56 Å². The molecule has 5 rings (SSSR count). The average molecular weight is 424 g/mol. The third-order valence-electron chi connectivity index (χ3n) is 4.64. The first-order valence-corrected chi connectivity index (χ1v) is 10.1. The number of carbonyl (C=O) groups is 1. The fourth-order valence-electron chi connectivity index (χ4n) is 3.37. The SMILES string of the molecule is C=CCSc1nnc2c(n1)O[C@]1(Nc3ccccc3-2)C(=O)Nc2ccc(Cl)cc21. The zero-order valence-corrected chi connectivity index (χ0v) is 16.5. The summed E-state index contributed by atoms with van der Waals surface area (Å²) < 4.78 is 6.27. The molecule has 29 heavy (non-hydrogen) atoms. The van der Waals surface area contributed by atoms with Crippen molar-refractivity contribution in [3.05, 3.63) is 65.7 Å². The smallest absolute Gasteiger partial charge is 0.295 e. The molecule has 2 N–H and O–H groups in total. The van der Waals surface area contributed by atoms with E-state index in [1.807, 2.05) is 24.3 Å². The second-order valence-electron chi connectivity index (χ2n) is 6.45. The van der Waals surface area contributed by atoms with Crippen molar-refractivity contribution >= 4 is 40.6 Å². The van der Waals surface area contributed by atoms with Crippen LogP contribution in [-0.4, -0.2) is 26.8 Å². The summed E-state index contributed by atoms with van der Waals surface area (Å²) >= 11 is 7.60. The Bertz CT molecular complexity index is 1170. The van der Waals surface area contributed by atoms with E-state index < -0.39 is 5.72 Å². The quantitative estimate of drug-likeness (QED) is 0.484. The lowest BCUT2D eigenvalue weighted by atomic mass is 10.0. The summed E-state index contributed by atoms with van der Waals surface area (Å²) in [5, 5.41) is 15.6. The molecular formula is C20H14ClN5O2S. The summed E-state index contributed by atoms with van der Waals surface area (Å²) in [6.07, 6.45) is 1.75. The van der Waals surface area contributed by atoms with Crippen LogP contribution in [0.25, 0.3) is 11.3 Å². The maximum Gasteiger partial charge on any atom is 0.295 e. The van der Waals surface area contributed by atoms with Gasteiger partial charge < -0.3 is 15.4 Å². The minimum atomic E-state index is -1.53. The minimum Gasteiger partial charge on any atom is -0.435 e. The number of aromatic nitrogens is 3. The third kappa shape index (κ3) is 2.83. The second kappa shape index (κ2) is 6.75. The number of thioether (sulfide) groups is 1. The summed E-state index contributed by atoms with van der Waals surface area (Å²) in [7, 11) is 0. The number of rotatable bonds is 3. The number of ether oxygens (including phenoxy) is 1. The predicted molar refractivity (Wildman–Crippen MR) is 112 cm³/mol. The lowest BCUT2D eigenvalue weighted by Crippen LogP contribution is -2.47. The summed E-state index contributed by atoms with van der Waals surface area (Å²) in [4.78, 5) is 17.6. The zero-order chi connectivity index (χ0) is 20.0. The van der Waals surface area contributed by atoms with Gasteiger partial charge in [0.15, 0.2) is 5.69 Å². The predicted octanol–water partition coefficient (Wildman–Crippen LogP) is 4.08. The highest BCUT2D eigenvalue weighted by Gasteiger charge is 2.52. The van der Waals surface area contributed by atoms with Crippen molar-refractivity contribution in [3.8, 4) is 17.1 Å². The van der Waals surface area contributed by atoms with Crippen LogP contribution in [0.2, 0.25) is 5.02 Å². The van der Waals surface area contributed by atoms with Gasteiger partial charge in [-0.05, 0) is 24.3 Å². The third-order valence-corrected chi connectivity index (χ3v) is 5.71. The number of para-hydroxylation sites is 1. The molecule has 3 aromatic rings. The second-order valence-corrected chi connectivity index (χ2v) is 7.87. The Morgan fingerprint density at radius 1 is 1.21 bits per heavy atom. The molecule has 9 heteroatoms. The van der Waals surface area contributed by atoms with E-state index in [2.05, 4.69) is 32.4 Å². The van der Waals surface area contributed by atoms with Crippen LogP contribution in [0.3, 0.4) is 0 Å². The van der Waals surface area contributed by atoms with E-state index in [1.54, 1.807) is 24.3 Å². The molecule has 1 atom stereocenters. The minimum absolute atomic E-state index is 0.215. The summed E-state index contributed by atoms with van der Waals surface area (Å²) in [5.41, 5.74) is 1.54. The van der Waals surface area contributed by atoms with Crippen molar-refractivity contribution in [2.75, 3.05) is 16.4 Å². The molecule has 7 nitrogen and oxygen atoms in total. The standard InChI is InChI=1S/C20H14ClN5O2S/c1-2-9-29-19-23-17-16(25-26-19)12-5-3-4-6-14(12)24-20(28-17)13-10-11(21)7-8-15(13)22-18(20)27/h2-8,10,24H,1,9H2,(H,22,27)/t20-/m0/s1. The van der Waals surface area contributed by atoms with E-state index >= 15 is 0 Å². The van der Waals surface area contributed by atoms with Gasteiger partial charge in [-0.2, -0.15) is 4.98 Å². The fraction of sp³-hybridized carbons (Fsp3) is 0.100. The van der Waals surface area contributed by atoms with E-state index in [1.165, 1.54) is 11.8 Å². The number of fused-ring (bicyclic) bond motifs is 5. The number of nitrogens with zero attached hydrogens (tertiary/aromatic N) is 3. The maximum atomic E-state index is 13.1. The van der Waals surface area contributed by atoms with Gasteiger partial charge in [-0.3, -0.25) is 4.79 Å². The highest BCUT2D eigenvalue weighted by molar-refractivity contribution is 7.99. The van der Waals surface area contributed by atoms with Gasteiger partial charge in [0.25, 0.3) is 11.6 Å². The molecule has 0 aliphatic carbocycles. The van der Waals surface area contributed by atoms with Crippen LogP contribution < -0.4 is 15.4 Å². The number of halogens is 1. The lowest BCUT2D eigenvalue weighted by Gasteiger charge is -2.28. The van der Waals surface area contributed by atoms with Crippen molar-refractivity contribution in [1.29, 1.82) is 0 Å². The van der Waals surface area contributed by atoms with Gasteiger partial charge in [0.2, 0.25) is 11.0 Å². The number of anilines is 2. The number of carbonyl (C=O) groups excluding carboxylic acids is 1. The van der Waals surface area contributed by atoms with Gasteiger partial charge >= 0.3 is 0 Å². The molecule has 1 amide bonds. The molecule has 0 saturated carbocycles. The Kier molecular flexibility index (Phi) is 4.18. The molecule has 1 aromatic heterocycles. The summed E-state index contributed by atoms with van der Waals surface area (Å²) in [6.45, 7) is 3.71. The van der Waals surface area contributed by atoms with Gasteiger partial charge in [0.1, 0.15) is 0 Å². The van der Waals surface area contributed by atoms with Crippen LogP contribution in [-0.2, 0) is 10.5 Å². The Morgan fingerprint density at radius 2 is 2.07 bits per heavy atom. The topological polar surface area (TPSA) is 89.0 Å². The molecule has 144 valence electrons. The van der Waals surface area contributed by atoms with Crippen LogP contribution >= 0.6 is 23.4 Å². The van der Waals surface area contributed by atoms with Gasteiger partial charge in [-0.25, -0.2) is 0 Å². The largest absolute Gasteiger partial charge is 0.435 e. The van der Waals surface area contributed by atoms with Crippen molar-refractivity contribution in [2.24, 2.45) is 0 Å². The van der Waals surface area contributed by atoms with E-state index in [-0.39, 0.29) is 11.8 Å².